The first kappa shape index (κ1) is 20.1. The summed E-state index contributed by atoms with van der Waals surface area (Å²) in [6.45, 7) is 9.79. The highest BCUT2D eigenvalue weighted by Gasteiger charge is 2.30. The van der Waals surface area contributed by atoms with Crippen LogP contribution in [0.15, 0.2) is 28.3 Å². The molecule has 1 aromatic heterocycles. The topological polar surface area (TPSA) is 72.3 Å². The fraction of sp³-hybridized carbons (Fsp3) is 0.444. The predicted molar refractivity (Wildman–Crippen MR) is 96.6 cm³/mol. The van der Waals surface area contributed by atoms with E-state index in [1.807, 2.05) is 13.8 Å². The van der Waals surface area contributed by atoms with Gasteiger partial charge in [-0.2, -0.15) is 4.68 Å². The Bertz CT molecular complexity index is 912. The van der Waals surface area contributed by atoms with E-state index >= 15 is 0 Å². The standard InChI is InChI=1S/C18H24FN3O3S/c1-6-8-21(7-2)18(23)22-11-15(19)17(20-22)26(24,25)16-13(4)9-12(3)10-14(16)5/h9-11H,6-8H2,1-5H3. The largest absolute Gasteiger partial charge is 0.344 e. The van der Waals surface area contributed by atoms with Gasteiger partial charge in [0.15, 0.2) is 5.82 Å². The SMILES string of the molecule is CCCN(CC)C(=O)n1cc(F)c(S(=O)(=O)c2c(C)cc(C)cc2C)n1. The fourth-order valence-electron chi connectivity index (χ4n) is 3.11. The van der Waals surface area contributed by atoms with Gasteiger partial charge in [-0.05, 0) is 45.2 Å². The van der Waals surface area contributed by atoms with Crippen LogP contribution in [0.4, 0.5) is 9.18 Å². The second-order valence-corrected chi connectivity index (χ2v) is 8.12. The number of benzene rings is 1. The quantitative estimate of drug-likeness (QED) is 0.795. The van der Waals surface area contributed by atoms with Gasteiger partial charge in [-0.15, -0.1) is 5.10 Å². The molecular formula is C18H24FN3O3S. The van der Waals surface area contributed by atoms with Crippen molar-refractivity contribution in [1.29, 1.82) is 0 Å². The molecule has 0 bridgehead atoms. The molecule has 0 saturated heterocycles. The van der Waals surface area contributed by atoms with Crippen LogP contribution in [0, 0.1) is 26.6 Å². The molecule has 0 aliphatic heterocycles. The number of amides is 1. The zero-order valence-electron chi connectivity index (χ0n) is 15.7. The first-order valence-electron chi connectivity index (χ1n) is 8.50. The van der Waals surface area contributed by atoms with Gasteiger partial charge in [0.1, 0.15) is 0 Å². The normalized spacial score (nSPS) is 11.6. The second kappa shape index (κ2) is 7.57. The molecule has 0 unspecified atom stereocenters. The highest BCUT2D eigenvalue weighted by Crippen LogP contribution is 2.28. The van der Waals surface area contributed by atoms with Gasteiger partial charge in [-0.1, -0.05) is 24.6 Å². The maximum Gasteiger partial charge on any atom is 0.344 e. The minimum absolute atomic E-state index is 0.0283. The van der Waals surface area contributed by atoms with Crippen LogP contribution in [0.5, 0.6) is 0 Å². The zero-order valence-corrected chi connectivity index (χ0v) is 16.5. The molecule has 2 rings (SSSR count). The van der Waals surface area contributed by atoms with Crippen LogP contribution < -0.4 is 0 Å². The van der Waals surface area contributed by atoms with E-state index in [1.54, 1.807) is 32.9 Å². The number of nitrogens with zero attached hydrogens (tertiary/aromatic N) is 3. The molecule has 2 aromatic rings. The third-order valence-corrected chi connectivity index (χ3v) is 6.08. The Hall–Kier alpha value is -2.22. The van der Waals surface area contributed by atoms with E-state index in [0.29, 0.717) is 24.2 Å². The lowest BCUT2D eigenvalue weighted by Crippen LogP contribution is -2.35. The Balaban J connectivity index is 2.53. The van der Waals surface area contributed by atoms with E-state index in [4.69, 9.17) is 0 Å². The molecule has 1 amide bonds. The molecule has 0 aliphatic rings. The number of hydrogen-bond acceptors (Lipinski definition) is 4. The minimum Gasteiger partial charge on any atom is -0.323 e. The molecular weight excluding hydrogens is 357 g/mol. The average molecular weight is 381 g/mol. The first-order chi connectivity index (χ1) is 12.1. The Morgan fingerprint density at radius 3 is 2.27 bits per heavy atom. The van der Waals surface area contributed by atoms with Gasteiger partial charge in [0.05, 0.1) is 11.1 Å². The minimum atomic E-state index is -4.18. The summed E-state index contributed by atoms with van der Waals surface area (Å²) in [7, 11) is -4.18. The summed E-state index contributed by atoms with van der Waals surface area (Å²) < 4.78 is 41.1. The number of hydrogen-bond donors (Lipinski definition) is 0. The van der Waals surface area contributed by atoms with Crippen molar-refractivity contribution in [3.05, 3.63) is 40.8 Å². The van der Waals surface area contributed by atoms with Gasteiger partial charge < -0.3 is 4.90 Å². The summed E-state index contributed by atoms with van der Waals surface area (Å²) in [6, 6.07) is 2.90. The third kappa shape index (κ3) is 3.65. The van der Waals surface area contributed by atoms with E-state index in [-0.39, 0.29) is 4.90 Å². The van der Waals surface area contributed by atoms with Crippen molar-refractivity contribution in [1.82, 2.24) is 14.7 Å². The third-order valence-electron chi connectivity index (χ3n) is 4.11. The van der Waals surface area contributed by atoms with Crippen molar-refractivity contribution < 1.29 is 17.6 Å². The Labute approximate surface area is 153 Å². The summed E-state index contributed by atoms with van der Waals surface area (Å²) in [5.74, 6) is -1.04. The van der Waals surface area contributed by atoms with Gasteiger partial charge in [0.25, 0.3) is 0 Å². The zero-order chi connectivity index (χ0) is 19.6. The molecule has 6 nitrogen and oxygen atoms in total. The smallest absolute Gasteiger partial charge is 0.323 e. The number of rotatable bonds is 5. The van der Waals surface area contributed by atoms with Crippen LogP contribution in [0.2, 0.25) is 0 Å². The summed E-state index contributed by atoms with van der Waals surface area (Å²) in [5.41, 5.74) is 1.95. The van der Waals surface area contributed by atoms with Crippen molar-refractivity contribution >= 4 is 15.9 Å². The molecule has 0 saturated carbocycles. The first-order valence-corrected chi connectivity index (χ1v) is 9.99. The van der Waals surface area contributed by atoms with Crippen molar-refractivity contribution in [3.8, 4) is 0 Å². The average Bonchev–Trinajstić information content (AvgIpc) is 2.93. The number of aryl methyl sites for hydroxylation is 3. The van der Waals surface area contributed by atoms with Crippen LogP contribution in [0.25, 0.3) is 0 Å². The number of aromatic nitrogens is 2. The van der Waals surface area contributed by atoms with Crippen LogP contribution in [-0.2, 0) is 9.84 Å². The fourth-order valence-corrected chi connectivity index (χ4v) is 4.77. The lowest BCUT2D eigenvalue weighted by Gasteiger charge is -2.19. The predicted octanol–water partition coefficient (Wildman–Crippen LogP) is 3.48. The highest BCUT2D eigenvalue weighted by molar-refractivity contribution is 7.91. The van der Waals surface area contributed by atoms with E-state index in [1.165, 1.54) is 4.90 Å². The molecule has 0 N–H and O–H groups in total. The lowest BCUT2D eigenvalue weighted by molar-refractivity contribution is 0.198. The molecule has 0 fully saturated rings. The van der Waals surface area contributed by atoms with Crippen LogP contribution >= 0.6 is 0 Å². The van der Waals surface area contributed by atoms with Gasteiger partial charge in [0.2, 0.25) is 14.9 Å². The maximum atomic E-state index is 14.4. The van der Waals surface area contributed by atoms with Crippen molar-refractivity contribution in [2.75, 3.05) is 13.1 Å². The summed E-state index contributed by atoms with van der Waals surface area (Å²) >= 11 is 0. The van der Waals surface area contributed by atoms with Crippen LogP contribution in [0.3, 0.4) is 0 Å². The van der Waals surface area contributed by atoms with Crippen LogP contribution in [-0.4, -0.2) is 42.2 Å². The monoisotopic (exact) mass is 381 g/mol. The highest BCUT2D eigenvalue weighted by atomic mass is 32.2. The van der Waals surface area contributed by atoms with Crippen molar-refractivity contribution in [3.63, 3.8) is 0 Å². The van der Waals surface area contributed by atoms with Crippen molar-refractivity contribution in [2.24, 2.45) is 0 Å². The molecule has 1 aromatic carbocycles. The lowest BCUT2D eigenvalue weighted by atomic mass is 10.1. The van der Waals surface area contributed by atoms with Crippen LogP contribution in [0.1, 0.15) is 37.0 Å². The van der Waals surface area contributed by atoms with E-state index in [9.17, 15) is 17.6 Å². The van der Waals surface area contributed by atoms with E-state index < -0.39 is 26.7 Å². The van der Waals surface area contributed by atoms with Gasteiger partial charge in [-0.25, -0.2) is 17.6 Å². The summed E-state index contributed by atoms with van der Waals surface area (Å²) in [4.78, 5) is 13.9. The molecule has 0 aliphatic carbocycles. The number of halogens is 1. The number of carbonyl (C=O) groups is 1. The molecule has 1 heterocycles. The number of carbonyl (C=O) groups excluding carboxylic acids is 1. The molecule has 0 spiro atoms. The molecule has 26 heavy (non-hydrogen) atoms. The molecule has 8 heteroatoms. The van der Waals surface area contributed by atoms with Gasteiger partial charge in [-0.3, -0.25) is 0 Å². The second-order valence-electron chi connectivity index (χ2n) is 6.32. The molecule has 0 atom stereocenters. The van der Waals surface area contributed by atoms with E-state index in [0.717, 1.165) is 22.9 Å². The molecule has 142 valence electrons. The Morgan fingerprint density at radius 2 is 1.77 bits per heavy atom. The number of sulfone groups is 1. The summed E-state index contributed by atoms with van der Waals surface area (Å²) in [6.07, 6.45) is 1.56. The van der Waals surface area contributed by atoms with E-state index in [2.05, 4.69) is 5.10 Å². The Morgan fingerprint density at radius 1 is 1.19 bits per heavy atom. The van der Waals surface area contributed by atoms with Gasteiger partial charge in [0, 0.05) is 13.1 Å². The Kier molecular flexibility index (Phi) is 5.85. The van der Waals surface area contributed by atoms with Crippen molar-refractivity contribution in [2.45, 2.75) is 51.0 Å². The maximum absolute atomic E-state index is 14.4. The summed E-state index contributed by atoms with van der Waals surface area (Å²) in [5, 5.41) is 3.05. The van der Waals surface area contributed by atoms with Gasteiger partial charge >= 0.3 is 6.03 Å². The molecule has 0 radical (unpaired) electrons.